The van der Waals surface area contributed by atoms with Crippen LogP contribution in [0.25, 0.3) is 5.69 Å². The molecular formula is C20H24N8O. The van der Waals surface area contributed by atoms with Crippen LogP contribution in [-0.4, -0.2) is 32.6 Å². The highest BCUT2D eigenvalue weighted by Crippen LogP contribution is 2.35. The van der Waals surface area contributed by atoms with E-state index in [1.165, 1.54) is 41.7 Å². The second-order valence-electron chi connectivity index (χ2n) is 7.77. The maximum atomic E-state index is 11.9. The summed E-state index contributed by atoms with van der Waals surface area (Å²) >= 11 is 0. The van der Waals surface area contributed by atoms with E-state index in [0.29, 0.717) is 23.7 Å². The lowest BCUT2D eigenvalue weighted by Gasteiger charge is -2.22. The second-order valence-corrected chi connectivity index (χ2v) is 7.77. The molecule has 4 N–H and O–H groups in total. The molecule has 2 aliphatic carbocycles. The summed E-state index contributed by atoms with van der Waals surface area (Å²) in [6, 6.07) is 5.92. The van der Waals surface area contributed by atoms with Gasteiger partial charge in [-0.15, -0.1) is 0 Å². The number of hydrazine groups is 1. The molecule has 1 aliphatic heterocycles. The second kappa shape index (κ2) is 7.57. The molecule has 3 heterocycles. The monoisotopic (exact) mass is 392 g/mol. The number of hydrogen-bond donors (Lipinski definition) is 4. The van der Waals surface area contributed by atoms with Crippen LogP contribution in [0.4, 0.5) is 5.82 Å². The van der Waals surface area contributed by atoms with E-state index in [0.717, 1.165) is 31.0 Å². The lowest BCUT2D eigenvalue weighted by molar-refractivity contribution is 0.584. The summed E-state index contributed by atoms with van der Waals surface area (Å²) < 4.78 is 1.47. The molecule has 0 saturated heterocycles. The van der Waals surface area contributed by atoms with Crippen LogP contribution < -0.4 is 27.0 Å². The number of guanidine groups is 1. The number of nitrogens with one attached hydrogen (secondary N) is 4. The molecule has 2 aromatic heterocycles. The van der Waals surface area contributed by atoms with Gasteiger partial charge in [-0.25, -0.2) is 15.0 Å². The molecule has 3 aliphatic rings. The van der Waals surface area contributed by atoms with Gasteiger partial charge in [0.05, 0.1) is 23.8 Å². The van der Waals surface area contributed by atoms with Crippen LogP contribution in [-0.2, 0) is 0 Å². The number of aliphatic imine (C=N–C) groups is 1. The predicted molar refractivity (Wildman–Crippen MR) is 110 cm³/mol. The Labute approximate surface area is 168 Å². The Morgan fingerprint density at radius 1 is 1.03 bits per heavy atom. The van der Waals surface area contributed by atoms with E-state index in [1.807, 2.05) is 18.3 Å². The third-order valence-electron chi connectivity index (χ3n) is 5.55. The minimum absolute atomic E-state index is 0.125. The lowest BCUT2D eigenvalue weighted by Crippen LogP contribution is -2.50. The largest absolute Gasteiger partial charge is 0.367 e. The van der Waals surface area contributed by atoms with Crippen molar-refractivity contribution >= 4 is 11.8 Å². The first-order chi connectivity index (χ1) is 14.2. The zero-order chi connectivity index (χ0) is 19.6. The van der Waals surface area contributed by atoms with Gasteiger partial charge in [0.1, 0.15) is 12.1 Å². The van der Waals surface area contributed by atoms with E-state index in [1.54, 1.807) is 6.20 Å². The van der Waals surface area contributed by atoms with E-state index in [2.05, 4.69) is 36.4 Å². The summed E-state index contributed by atoms with van der Waals surface area (Å²) in [5.74, 6) is 2.25. The molecule has 9 heteroatoms. The van der Waals surface area contributed by atoms with Crippen molar-refractivity contribution < 1.29 is 0 Å². The lowest BCUT2D eigenvalue weighted by atomic mass is 10.2. The van der Waals surface area contributed by atoms with Crippen molar-refractivity contribution in [1.29, 1.82) is 0 Å². The summed E-state index contributed by atoms with van der Waals surface area (Å²) in [7, 11) is 0. The molecule has 0 amide bonds. The van der Waals surface area contributed by atoms with Gasteiger partial charge in [-0.3, -0.25) is 14.8 Å². The van der Waals surface area contributed by atoms with Crippen LogP contribution in [0.1, 0.15) is 32.1 Å². The molecule has 9 nitrogen and oxygen atoms in total. The van der Waals surface area contributed by atoms with E-state index < -0.39 is 0 Å². The normalized spacial score (nSPS) is 23.4. The molecule has 2 aromatic rings. The first-order valence-corrected chi connectivity index (χ1v) is 10.1. The maximum Gasteiger partial charge on any atom is 0.257 e. The summed E-state index contributed by atoms with van der Waals surface area (Å²) in [4.78, 5) is 24.8. The Bertz CT molecular complexity index is 992. The van der Waals surface area contributed by atoms with Gasteiger partial charge in [-0.05, 0) is 44.2 Å². The van der Waals surface area contributed by atoms with Gasteiger partial charge in [-0.2, -0.15) is 0 Å². The number of nitrogens with zero attached hydrogens (tertiary/aromatic N) is 4. The van der Waals surface area contributed by atoms with Crippen LogP contribution in [0, 0.1) is 5.92 Å². The van der Waals surface area contributed by atoms with Gasteiger partial charge in [0.2, 0.25) is 5.96 Å². The van der Waals surface area contributed by atoms with Gasteiger partial charge in [-0.1, -0.05) is 0 Å². The van der Waals surface area contributed by atoms with Crippen molar-refractivity contribution in [1.82, 2.24) is 30.7 Å². The smallest absolute Gasteiger partial charge is 0.257 e. The van der Waals surface area contributed by atoms with Gasteiger partial charge < -0.3 is 16.1 Å². The molecule has 29 heavy (non-hydrogen) atoms. The fraction of sp³-hybridized carbons (Fsp3) is 0.400. The van der Waals surface area contributed by atoms with Gasteiger partial charge >= 0.3 is 0 Å². The van der Waals surface area contributed by atoms with Crippen molar-refractivity contribution in [2.24, 2.45) is 10.9 Å². The zero-order valence-electron chi connectivity index (χ0n) is 16.0. The fourth-order valence-electron chi connectivity index (χ4n) is 3.81. The first-order valence-electron chi connectivity index (χ1n) is 10.1. The molecule has 0 unspecified atom stereocenters. The van der Waals surface area contributed by atoms with E-state index in [9.17, 15) is 4.79 Å². The number of rotatable bonds is 5. The molecule has 5 rings (SSSR count). The van der Waals surface area contributed by atoms with Crippen LogP contribution in [0.2, 0.25) is 0 Å². The number of pyridine rings is 1. The quantitative estimate of drug-likeness (QED) is 0.607. The SMILES string of the molecule is O=c1ccncn1-c1ccc(N[C@H]2CC[C@H](NC3=NC=C(C4CC4)NN3)C2)nc1. The maximum absolute atomic E-state index is 11.9. The molecule has 0 aromatic carbocycles. The van der Waals surface area contributed by atoms with Gasteiger partial charge in [0.15, 0.2) is 0 Å². The highest BCUT2D eigenvalue weighted by Gasteiger charge is 2.29. The minimum Gasteiger partial charge on any atom is -0.367 e. The topological polar surface area (TPSA) is 108 Å². The van der Waals surface area contributed by atoms with E-state index >= 15 is 0 Å². The van der Waals surface area contributed by atoms with Gasteiger partial charge in [0.25, 0.3) is 5.56 Å². The molecule has 0 bridgehead atoms. The number of anilines is 1. The first kappa shape index (κ1) is 17.7. The Kier molecular flexibility index (Phi) is 4.63. The molecule has 2 atom stereocenters. The summed E-state index contributed by atoms with van der Waals surface area (Å²) in [6.45, 7) is 0. The average molecular weight is 392 g/mol. The van der Waals surface area contributed by atoms with Crippen molar-refractivity contribution in [2.75, 3.05) is 5.32 Å². The van der Waals surface area contributed by atoms with Crippen LogP contribution in [0.3, 0.4) is 0 Å². The molecule has 0 radical (unpaired) electrons. The zero-order valence-corrected chi connectivity index (χ0v) is 16.0. The standard InChI is InChI=1S/C20H24N8O/c29-19-7-8-21-12-28(19)16-5-6-18(22-10-16)24-14-3-4-15(9-14)25-20-23-11-17(26-27-20)13-1-2-13/h5-8,10-15,26H,1-4,9H2,(H,22,24)(H2,23,25,27)/t14-,15-/m0/s1. The van der Waals surface area contributed by atoms with Crippen molar-refractivity contribution in [2.45, 2.75) is 44.2 Å². The predicted octanol–water partition coefficient (Wildman–Crippen LogP) is 1.27. The molecule has 150 valence electrons. The summed E-state index contributed by atoms with van der Waals surface area (Å²) in [5.41, 5.74) is 8.17. The highest BCUT2D eigenvalue weighted by molar-refractivity contribution is 5.81. The van der Waals surface area contributed by atoms with Crippen molar-refractivity contribution in [3.8, 4) is 5.69 Å². The molecule has 2 saturated carbocycles. The third-order valence-corrected chi connectivity index (χ3v) is 5.55. The average Bonchev–Trinajstić information content (AvgIpc) is 3.51. The Morgan fingerprint density at radius 2 is 1.90 bits per heavy atom. The number of allylic oxidation sites excluding steroid dienone is 1. The minimum atomic E-state index is -0.125. The van der Waals surface area contributed by atoms with E-state index in [-0.39, 0.29) is 5.56 Å². The molecule has 0 spiro atoms. The summed E-state index contributed by atoms with van der Waals surface area (Å²) in [5, 5.41) is 6.97. The van der Waals surface area contributed by atoms with Crippen LogP contribution in [0.15, 0.2) is 58.6 Å². The van der Waals surface area contributed by atoms with Crippen molar-refractivity contribution in [3.05, 3.63) is 59.2 Å². The summed E-state index contributed by atoms with van der Waals surface area (Å²) in [6.07, 6.45) is 12.2. The van der Waals surface area contributed by atoms with Crippen molar-refractivity contribution in [3.63, 3.8) is 0 Å². The van der Waals surface area contributed by atoms with E-state index in [4.69, 9.17) is 0 Å². The molecular weight excluding hydrogens is 368 g/mol. The molecule has 2 fully saturated rings. The van der Waals surface area contributed by atoms with Crippen LogP contribution >= 0.6 is 0 Å². The number of hydrogen-bond acceptors (Lipinski definition) is 8. The third kappa shape index (κ3) is 4.08. The van der Waals surface area contributed by atoms with Crippen LogP contribution in [0.5, 0.6) is 0 Å². The Balaban J connectivity index is 1.15. The Hall–Kier alpha value is -3.36. The number of aromatic nitrogens is 3. The van der Waals surface area contributed by atoms with Gasteiger partial charge in [0, 0.05) is 30.3 Å². The highest BCUT2D eigenvalue weighted by atomic mass is 16.1. The fourth-order valence-corrected chi connectivity index (χ4v) is 3.81. The Morgan fingerprint density at radius 3 is 2.59 bits per heavy atom.